The Labute approximate surface area is 77.4 Å². The summed E-state index contributed by atoms with van der Waals surface area (Å²) in [5.74, 6) is -0.0187. The number of aromatic nitrogens is 1. The summed E-state index contributed by atoms with van der Waals surface area (Å²) in [6, 6.07) is 3.33. The zero-order valence-electron chi connectivity index (χ0n) is 8.03. The van der Waals surface area contributed by atoms with Crippen molar-refractivity contribution in [2.45, 2.75) is 26.4 Å². The highest BCUT2D eigenvalue weighted by molar-refractivity contribution is 5.93. The summed E-state index contributed by atoms with van der Waals surface area (Å²) in [6.07, 6.45) is 1.48. The standard InChI is InChI=1S/C10H13NO2/c1-7(12)8-4-5-9(11-6-8)10(2,3)13/h4-6,13H,1-3H3. The van der Waals surface area contributed by atoms with Crippen molar-refractivity contribution in [3.8, 4) is 0 Å². The number of hydrogen-bond acceptors (Lipinski definition) is 3. The minimum atomic E-state index is -0.949. The Morgan fingerprint density at radius 2 is 2.08 bits per heavy atom. The maximum Gasteiger partial charge on any atom is 0.161 e. The van der Waals surface area contributed by atoms with Crippen molar-refractivity contribution in [1.82, 2.24) is 4.98 Å². The molecule has 1 aromatic rings. The van der Waals surface area contributed by atoms with Crippen LogP contribution in [0, 0.1) is 0 Å². The number of aliphatic hydroxyl groups is 1. The van der Waals surface area contributed by atoms with Crippen LogP contribution in [0.1, 0.15) is 36.8 Å². The van der Waals surface area contributed by atoms with Gasteiger partial charge in [-0.05, 0) is 32.9 Å². The second kappa shape index (κ2) is 3.26. The lowest BCUT2D eigenvalue weighted by Gasteiger charge is -2.15. The van der Waals surface area contributed by atoms with Crippen molar-refractivity contribution < 1.29 is 9.90 Å². The van der Waals surface area contributed by atoms with Gasteiger partial charge in [-0.3, -0.25) is 9.78 Å². The number of rotatable bonds is 2. The van der Waals surface area contributed by atoms with Crippen LogP contribution < -0.4 is 0 Å². The fourth-order valence-corrected chi connectivity index (χ4v) is 0.964. The topological polar surface area (TPSA) is 50.2 Å². The Hall–Kier alpha value is -1.22. The first-order valence-electron chi connectivity index (χ1n) is 4.11. The fourth-order valence-electron chi connectivity index (χ4n) is 0.964. The molecule has 3 nitrogen and oxygen atoms in total. The fraction of sp³-hybridized carbons (Fsp3) is 0.400. The summed E-state index contributed by atoms with van der Waals surface area (Å²) in [5, 5.41) is 9.57. The Balaban J connectivity index is 3.01. The van der Waals surface area contributed by atoms with Crippen molar-refractivity contribution in [3.63, 3.8) is 0 Å². The lowest BCUT2D eigenvalue weighted by atomic mass is 10.0. The predicted molar refractivity (Wildman–Crippen MR) is 49.5 cm³/mol. The molecule has 0 fully saturated rings. The first kappa shape index (κ1) is 9.86. The molecule has 13 heavy (non-hydrogen) atoms. The number of hydrogen-bond donors (Lipinski definition) is 1. The molecular weight excluding hydrogens is 166 g/mol. The summed E-state index contributed by atoms with van der Waals surface area (Å²) >= 11 is 0. The van der Waals surface area contributed by atoms with Gasteiger partial charge < -0.3 is 5.11 Å². The average Bonchev–Trinajstić information content (AvgIpc) is 2.03. The lowest BCUT2D eigenvalue weighted by Crippen LogP contribution is -2.17. The van der Waals surface area contributed by atoms with E-state index in [0.29, 0.717) is 11.3 Å². The highest BCUT2D eigenvalue weighted by atomic mass is 16.3. The number of carbonyl (C=O) groups is 1. The molecule has 0 saturated carbocycles. The van der Waals surface area contributed by atoms with Crippen molar-refractivity contribution in [3.05, 3.63) is 29.6 Å². The van der Waals surface area contributed by atoms with E-state index in [1.807, 2.05) is 0 Å². The number of pyridine rings is 1. The van der Waals surface area contributed by atoms with Gasteiger partial charge in [-0.2, -0.15) is 0 Å². The zero-order chi connectivity index (χ0) is 10.1. The van der Waals surface area contributed by atoms with E-state index in [1.165, 1.54) is 13.1 Å². The van der Waals surface area contributed by atoms with Crippen molar-refractivity contribution in [1.29, 1.82) is 0 Å². The third-order valence-electron chi connectivity index (χ3n) is 1.80. The Kier molecular flexibility index (Phi) is 2.48. The molecule has 0 aliphatic heterocycles. The first-order valence-corrected chi connectivity index (χ1v) is 4.11. The largest absolute Gasteiger partial charge is 0.384 e. The number of nitrogens with zero attached hydrogens (tertiary/aromatic N) is 1. The first-order chi connectivity index (χ1) is 5.91. The molecule has 0 aliphatic rings. The molecule has 1 aromatic heterocycles. The van der Waals surface area contributed by atoms with Crippen LogP contribution in [0.4, 0.5) is 0 Å². The minimum absolute atomic E-state index is 0.0187. The number of carbonyl (C=O) groups excluding carboxylic acids is 1. The smallest absolute Gasteiger partial charge is 0.161 e. The van der Waals surface area contributed by atoms with E-state index < -0.39 is 5.60 Å². The van der Waals surface area contributed by atoms with Crippen LogP contribution in [-0.2, 0) is 5.60 Å². The second-order valence-electron chi connectivity index (χ2n) is 3.55. The predicted octanol–water partition coefficient (Wildman–Crippen LogP) is 1.51. The summed E-state index contributed by atoms with van der Waals surface area (Å²) in [4.78, 5) is 14.9. The van der Waals surface area contributed by atoms with Crippen LogP contribution in [0.5, 0.6) is 0 Å². The van der Waals surface area contributed by atoms with Crippen LogP contribution in [0.3, 0.4) is 0 Å². The Bertz CT molecular complexity index is 309. The average molecular weight is 179 g/mol. The maximum absolute atomic E-state index is 10.9. The van der Waals surface area contributed by atoms with Crippen LogP contribution in [-0.4, -0.2) is 15.9 Å². The molecule has 0 aliphatic carbocycles. The maximum atomic E-state index is 10.9. The van der Waals surface area contributed by atoms with Gasteiger partial charge in [0.25, 0.3) is 0 Å². The quantitative estimate of drug-likeness (QED) is 0.700. The van der Waals surface area contributed by atoms with Crippen LogP contribution in [0.15, 0.2) is 18.3 Å². The highest BCUT2D eigenvalue weighted by Gasteiger charge is 2.17. The van der Waals surface area contributed by atoms with Crippen molar-refractivity contribution in [2.75, 3.05) is 0 Å². The molecule has 0 radical (unpaired) electrons. The van der Waals surface area contributed by atoms with Crippen LogP contribution in [0.2, 0.25) is 0 Å². The van der Waals surface area contributed by atoms with E-state index >= 15 is 0 Å². The third kappa shape index (κ3) is 2.36. The van der Waals surface area contributed by atoms with Gasteiger partial charge in [-0.15, -0.1) is 0 Å². The number of ketones is 1. The molecule has 1 rings (SSSR count). The molecule has 1 N–H and O–H groups in total. The van der Waals surface area contributed by atoms with E-state index in [1.54, 1.807) is 26.0 Å². The SMILES string of the molecule is CC(=O)c1ccc(C(C)(C)O)nc1. The Morgan fingerprint density at radius 1 is 1.46 bits per heavy atom. The molecule has 0 aromatic carbocycles. The summed E-state index contributed by atoms with van der Waals surface area (Å²) in [6.45, 7) is 4.80. The highest BCUT2D eigenvalue weighted by Crippen LogP contribution is 2.16. The van der Waals surface area contributed by atoms with Gasteiger partial charge in [-0.1, -0.05) is 0 Å². The van der Waals surface area contributed by atoms with Gasteiger partial charge in [-0.25, -0.2) is 0 Å². The Morgan fingerprint density at radius 3 is 2.38 bits per heavy atom. The normalized spacial score (nSPS) is 11.4. The number of Topliss-reactive ketones (excluding diaryl/α,β-unsaturated/α-hetero) is 1. The van der Waals surface area contributed by atoms with Gasteiger partial charge in [0.15, 0.2) is 5.78 Å². The van der Waals surface area contributed by atoms with Gasteiger partial charge in [0.05, 0.1) is 5.69 Å². The summed E-state index contributed by atoms with van der Waals surface area (Å²) in [5.41, 5.74) is 0.181. The molecule has 0 atom stereocenters. The molecule has 0 bridgehead atoms. The van der Waals surface area contributed by atoms with Gasteiger partial charge in [0.2, 0.25) is 0 Å². The molecular formula is C10H13NO2. The monoisotopic (exact) mass is 179 g/mol. The van der Waals surface area contributed by atoms with Crippen LogP contribution in [0.25, 0.3) is 0 Å². The van der Waals surface area contributed by atoms with Gasteiger partial charge in [0.1, 0.15) is 5.60 Å². The zero-order valence-corrected chi connectivity index (χ0v) is 8.03. The van der Waals surface area contributed by atoms with E-state index in [2.05, 4.69) is 4.98 Å². The molecule has 0 saturated heterocycles. The summed E-state index contributed by atoms with van der Waals surface area (Å²) < 4.78 is 0. The lowest BCUT2D eigenvalue weighted by molar-refractivity contribution is 0.0737. The molecule has 0 amide bonds. The molecule has 0 unspecified atom stereocenters. The minimum Gasteiger partial charge on any atom is -0.384 e. The molecule has 70 valence electrons. The van der Waals surface area contributed by atoms with E-state index in [-0.39, 0.29) is 5.78 Å². The van der Waals surface area contributed by atoms with Crippen molar-refractivity contribution >= 4 is 5.78 Å². The molecule has 1 heterocycles. The van der Waals surface area contributed by atoms with Gasteiger partial charge in [0, 0.05) is 11.8 Å². The summed E-state index contributed by atoms with van der Waals surface area (Å²) in [7, 11) is 0. The molecule has 0 spiro atoms. The third-order valence-corrected chi connectivity index (χ3v) is 1.80. The van der Waals surface area contributed by atoms with Gasteiger partial charge >= 0.3 is 0 Å². The van der Waals surface area contributed by atoms with Crippen molar-refractivity contribution in [2.24, 2.45) is 0 Å². The van der Waals surface area contributed by atoms with Crippen LogP contribution >= 0.6 is 0 Å². The van der Waals surface area contributed by atoms with E-state index in [0.717, 1.165) is 0 Å². The van der Waals surface area contributed by atoms with E-state index in [4.69, 9.17) is 0 Å². The van der Waals surface area contributed by atoms with E-state index in [9.17, 15) is 9.90 Å². The molecule has 3 heteroatoms. The second-order valence-corrected chi connectivity index (χ2v) is 3.55.